The highest BCUT2D eigenvalue weighted by Gasteiger charge is 2.50. The van der Waals surface area contributed by atoms with E-state index in [0.29, 0.717) is 6.04 Å². The molecule has 0 saturated carbocycles. The van der Waals surface area contributed by atoms with E-state index < -0.39 is 12.1 Å². The third kappa shape index (κ3) is 2.28. The van der Waals surface area contributed by atoms with E-state index >= 15 is 0 Å². The highest BCUT2D eigenvalue weighted by atomic mass is 19.4. The van der Waals surface area contributed by atoms with Crippen molar-refractivity contribution in [1.29, 1.82) is 0 Å². The lowest BCUT2D eigenvalue weighted by Gasteiger charge is -2.43. The molecule has 0 bridgehead atoms. The van der Waals surface area contributed by atoms with Gasteiger partial charge in [-0.3, -0.25) is 4.90 Å². The Morgan fingerprint density at radius 2 is 1.87 bits per heavy atom. The Kier molecular flexibility index (Phi) is 2.50. The van der Waals surface area contributed by atoms with Crippen LogP contribution in [0.1, 0.15) is 20.3 Å². The Balaban J connectivity index is 1.81. The van der Waals surface area contributed by atoms with Crippen LogP contribution in [0.5, 0.6) is 0 Å². The van der Waals surface area contributed by atoms with E-state index in [1.54, 1.807) is 0 Å². The van der Waals surface area contributed by atoms with E-state index in [0.717, 1.165) is 13.0 Å². The molecule has 1 atom stereocenters. The smallest absolute Gasteiger partial charge is 0.310 e. The molecule has 2 saturated heterocycles. The molecule has 2 rings (SSSR count). The zero-order chi connectivity index (χ0) is 11.3. The quantitative estimate of drug-likeness (QED) is 0.725. The van der Waals surface area contributed by atoms with Gasteiger partial charge in [0.2, 0.25) is 0 Å². The number of halogens is 3. The minimum Gasteiger partial charge on any atom is -0.310 e. The summed E-state index contributed by atoms with van der Waals surface area (Å²) in [7, 11) is 0. The lowest BCUT2D eigenvalue weighted by molar-refractivity contribution is -0.213. The van der Waals surface area contributed by atoms with Crippen LogP contribution in [0.4, 0.5) is 13.2 Å². The van der Waals surface area contributed by atoms with Crippen molar-refractivity contribution in [2.24, 2.45) is 5.92 Å². The number of nitrogens with zero attached hydrogens (tertiary/aromatic N) is 1. The third-order valence-corrected chi connectivity index (χ3v) is 3.45. The molecule has 0 unspecified atom stereocenters. The second-order valence-corrected chi connectivity index (χ2v) is 5.32. The average Bonchev–Trinajstić information content (AvgIpc) is 2.23. The summed E-state index contributed by atoms with van der Waals surface area (Å²) in [6, 6.07) is 0.290. The Bertz CT molecular complexity index is 244. The van der Waals surface area contributed by atoms with Gasteiger partial charge in [-0.05, 0) is 20.3 Å². The number of nitrogens with one attached hydrogen (secondary N) is 1. The molecular weight excluding hydrogens is 205 g/mol. The second-order valence-electron chi connectivity index (χ2n) is 5.32. The molecule has 0 aromatic rings. The van der Waals surface area contributed by atoms with Gasteiger partial charge >= 0.3 is 6.18 Å². The van der Waals surface area contributed by atoms with Gasteiger partial charge in [-0.25, -0.2) is 0 Å². The lowest BCUT2D eigenvalue weighted by Crippen LogP contribution is -2.57. The molecule has 2 heterocycles. The maximum Gasteiger partial charge on any atom is 0.394 e. The second kappa shape index (κ2) is 3.35. The van der Waals surface area contributed by atoms with Gasteiger partial charge in [-0.15, -0.1) is 0 Å². The minimum atomic E-state index is -4.00. The summed E-state index contributed by atoms with van der Waals surface area (Å²) in [6.45, 7) is 5.37. The summed E-state index contributed by atoms with van der Waals surface area (Å²) in [4.78, 5) is 1.94. The number of hydrogen-bond donors (Lipinski definition) is 1. The van der Waals surface area contributed by atoms with Gasteiger partial charge in [-0.2, -0.15) is 13.2 Å². The van der Waals surface area contributed by atoms with Crippen LogP contribution in [0.15, 0.2) is 0 Å². The molecular formula is C10H17F3N2. The monoisotopic (exact) mass is 222 g/mol. The summed E-state index contributed by atoms with van der Waals surface area (Å²) in [6.07, 6.45) is -3.06. The summed E-state index contributed by atoms with van der Waals surface area (Å²) < 4.78 is 36.8. The van der Waals surface area contributed by atoms with E-state index in [1.807, 2.05) is 4.90 Å². The molecule has 88 valence electrons. The van der Waals surface area contributed by atoms with E-state index in [9.17, 15) is 13.2 Å². The van der Waals surface area contributed by atoms with Crippen molar-refractivity contribution in [2.75, 3.05) is 19.6 Å². The molecule has 0 spiro atoms. The normalized spacial score (nSPS) is 33.0. The lowest BCUT2D eigenvalue weighted by atomic mass is 9.93. The van der Waals surface area contributed by atoms with Crippen molar-refractivity contribution >= 4 is 0 Å². The molecule has 5 heteroatoms. The highest BCUT2D eigenvalue weighted by Crippen LogP contribution is 2.36. The molecule has 0 radical (unpaired) electrons. The number of likely N-dealkylation sites (tertiary alicyclic amines) is 1. The molecule has 0 amide bonds. The molecule has 2 nitrogen and oxygen atoms in total. The van der Waals surface area contributed by atoms with Crippen molar-refractivity contribution in [2.45, 2.75) is 38.0 Å². The van der Waals surface area contributed by atoms with Crippen LogP contribution in [-0.2, 0) is 0 Å². The van der Waals surface area contributed by atoms with Crippen LogP contribution >= 0.6 is 0 Å². The summed E-state index contributed by atoms with van der Waals surface area (Å²) in [5.74, 6) is -1.10. The van der Waals surface area contributed by atoms with Crippen molar-refractivity contribution < 1.29 is 13.2 Å². The maximum atomic E-state index is 12.3. The van der Waals surface area contributed by atoms with E-state index in [2.05, 4.69) is 19.2 Å². The molecule has 0 aromatic heterocycles. The molecule has 2 fully saturated rings. The van der Waals surface area contributed by atoms with Gasteiger partial charge in [0.15, 0.2) is 0 Å². The van der Waals surface area contributed by atoms with Gasteiger partial charge in [-0.1, -0.05) is 0 Å². The highest BCUT2D eigenvalue weighted by molar-refractivity contribution is 4.98. The van der Waals surface area contributed by atoms with Crippen LogP contribution in [0.25, 0.3) is 0 Å². The Hall–Kier alpha value is -0.290. The predicted octanol–water partition coefficient (Wildman–Crippen LogP) is 1.62. The van der Waals surface area contributed by atoms with Crippen LogP contribution in [0, 0.1) is 5.92 Å². The Morgan fingerprint density at radius 1 is 1.27 bits per heavy atom. The molecule has 15 heavy (non-hydrogen) atoms. The number of rotatable bonds is 1. The van der Waals surface area contributed by atoms with Crippen LogP contribution < -0.4 is 5.32 Å². The van der Waals surface area contributed by atoms with E-state index in [-0.39, 0.29) is 18.6 Å². The molecule has 1 N–H and O–H groups in total. The van der Waals surface area contributed by atoms with Crippen LogP contribution in [0.2, 0.25) is 0 Å². The summed E-state index contributed by atoms with van der Waals surface area (Å²) >= 11 is 0. The number of alkyl halides is 3. The average molecular weight is 222 g/mol. The Morgan fingerprint density at radius 3 is 2.27 bits per heavy atom. The molecule has 2 aliphatic heterocycles. The van der Waals surface area contributed by atoms with Crippen molar-refractivity contribution in [3.63, 3.8) is 0 Å². The summed E-state index contributed by atoms with van der Waals surface area (Å²) in [5.41, 5.74) is 0.0774. The zero-order valence-corrected chi connectivity index (χ0v) is 9.06. The van der Waals surface area contributed by atoms with Gasteiger partial charge in [0, 0.05) is 31.2 Å². The number of hydrogen-bond acceptors (Lipinski definition) is 2. The van der Waals surface area contributed by atoms with Crippen molar-refractivity contribution in [3.8, 4) is 0 Å². The first kappa shape index (κ1) is 11.2. The molecule has 2 aliphatic rings. The van der Waals surface area contributed by atoms with Crippen molar-refractivity contribution in [3.05, 3.63) is 0 Å². The SMILES string of the molecule is CC1(C)C[C@H](N2CC(C(F)(F)F)C2)CN1. The van der Waals surface area contributed by atoms with Crippen LogP contribution in [-0.4, -0.2) is 42.3 Å². The first-order valence-corrected chi connectivity index (χ1v) is 5.34. The van der Waals surface area contributed by atoms with Gasteiger partial charge < -0.3 is 5.32 Å². The van der Waals surface area contributed by atoms with Gasteiger partial charge in [0.25, 0.3) is 0 Å². The Labute approximate surface area is 87.8 Å². The van der Waals surface area contributed by atoms with E-state index in [1.165, 1.54) is 0 Å². The molecule has 0 aromatic carbocycles. The molecule has 0 aliphatic carbocycles. The standard InChI is InChI=1S/C10H17F3N2/c1-9(2)3-8(4-14-9)15-5-7(6-15)10(11,12)13/h7-8,14H,3-6H2,1-2H3/t8-/m0/s1. The fourth-order valence-corrected chi connectivity index (χ4v) is 2.40. The third-order valence-electron chi connectivity index (χ3n) is 3.45. The maximum absolute atomic E-state index is 12.3. The fourth-order valence-electron chi connectivity index (χ4n) is 2.40. The van der Waals surface area contributed by atoms with Gasteiger partial charge in [0.1, 0.15) is 0 Å². The largest absolute Gasteiger partial charge is 0.394 e. The van der Waals surface area contributed by atoms with Crippen molar-refractivity contribution in [1.82, 2.24) is 10.2 Å². The minimum absolute atomic E-state index is 0.0774. The first-order chi connectivity index (χ1) is 6.78. The zero-order valence-electron chi connectivity index (χ0n) is 9.06. The fraction of sp³-hybridized carbons (Fsp3) is 1.00. The topological polar surface area (TPSA) is 15.3 Å². The predicted molar refractivity (Wildman–Crippen MR) is 51.6 cm³/mol. The summed E-state index contributed by atoms with van der Waals surface area (Å²) in [5, 5.41) is 3.33. The van der Waals surface area contributed by atoms with Gasteiger partial charge in [0.05, 0.1) is 5.92 Å². The van der Waals surface area contributed by atoms with Crippen LogP contribution in [0.3, 0.4) is 0 Å². The first-order valence-electron chi connectivity index (χ1n) is 5.34. The van der Waals surface area contributed by atoms with E-state index in [4.69, 9.17) is 0 Å².